The fourth-order valence-electron chi connectivity index (χ4n) is 7.12. The molecule has 0 spiro atoms. The molecule has 0 amide bonds. The number of rotatable bonds is 8. The summed E-state index contributed by atoms with van der Waals surface area (Å²) in [5.41, 5.74) is 1.60. The predicted molar refractivity (Wildman–Crippen MR) is 165 cm³/mol. The van der Waals surface area contributed by atoms with Crippen molar-refractivity contribution in [1.82, 2.24) is 0 Å². The summed E-state index contributed by atoms with van der Waals surface area (Å²) in [4.78, 5) is 0. The van der Waals surface area contributed by atoms with E-state index >= 15 is 0 Å². The molecule has 0 N–H and O–H groups in total. The molecule has 2 heterocycles. The van der Waals surface area contributed by atoms with Gasteiger partial charge in [0, 0.05) is 0 Å². The summed E-state index contributed by atoms with van der Waals surface area (Å²) in [5, 5.41) is 0. The van der Waals surface area contributed by atoms with Gasteiger partial charge in [-0.05, 0) is 0 Å². The van der Waals surface area contributed by atoms with Crippen LogP contribution in [0.25, 0.3) is 0 Å². The van der Waals surface area contributed by atoms with Gasteiger partial charge in [-0.2, -0.15) is 0 Å². The number of hydrogen-bond donors (Lipinski definition) is 0. The van der Waals surface area contributed by atoms with Gasteiger partial charge in [-0.25, -0.2) is 0 Å². The van der Waals surface area contributed by atoms with E-state index in [1.807, 2.05) is 0 Å². The number of methoxy groups -OCH3 is 1. The minimum atomic E-state index is -3.65. The standard InChI is InChI=1S/C18H23O3.3C6H5.Sn/c1-14-9-11-20-18(15-7-5-4-6-8-15)16(14)13-21-17(18,2)10-12-19-3;3*1-2-4-6-5-3-1;/h1,4-8,16H,9-13H2,2-3H3;3*1-5H;/t16-,17-,18+;;;;/m1..../s1. The van der Waals surface area contributed by atoms with Crippen LogP contribution in [0.5, 0.6) is 0 Å². The Kier molecular flexibility index (Phi) is 8.00. The Morgan fingerprint density at radius 1 is 0.750 bits per heavy atom. The number of benzene rings is 4. The monoisotopic (exact) mass is 638 g/mol. The number of ether oxygens (including phenoxy) is 3. The van der Waals surface area contributed by atoms with Crippen molar-refractivity contribution < 1.29 is 14.2 Å². The normalized spacial score (nSPS) is 25.6. The Morgan fingerprint density at radius 2 is 1.25 bits per heavy atom. The Bertz CT molecular complexity index is 1330. The maximum atomic E-state index is 6.95. The fraction of sp³-hybridized carbons (Fsp3) is 0.278. The van der Waals surface area contributed by atoms with E-state index in [4.69, 9.17) is 14.2 Å². The van der Waals surface area contributed by atoms with Gasteiger partial charge < -0.3 is 0 Å². The van der Waals surface area contributed by atoms with Gasteiger partial charge in [0.2, 0.25) is 0 Å². The molecule has 0 aromatic heterocycles. The van der Waals surface area contributed by atoms with Gasteiger partial charge in [0.1, 0.15) is 0 Å². The Labute approximate surface area is 242 Å². The molecule has 3 atom stereocenters. The number of hydrogen-bond acceptors (Lipinski definition) is 3. The van der Waals surface area contributed by atoms with Crippen molar-refractivity contribution in [3.05, 3.63) is 137 Å². The van der Waals surface area contributed by atoms with Crippen LogP contribution in [0.15, 0.2) is 131 Å². The van der Waals surface area contributed by atoms with Crippen LogP contribution in [0.1, 0.15) is 25.3 Å². The first-order valence-electron chi connectivity index (χ1n) is 14.3. The molecule has 0 radical (unpaired) electrons. The number of fused-ring (bicyclic) bond motifs is 1. The molecule has 4 heteroatoms. The van der Waals surface area contributed by atoms with Crippen molar-refractivity contribution in [2.24, 2.45) is 5.92 Å². The zero-order valence-electron chi connectivity index (χ0n) is 23.5. The summed E-state index contributed by atoms with van der Waals surface area (Å²) < 4.78 is 26.4. The molecule has 0 aliphatic carbocycles. The summed E-state index contributed by atoms with van der Waals surface area (Å²) in [6, 6.07) is 44.5. The van der Waals surface area contributed by atoms with E-state index in [0.717, 1.165) is 12.8 Å². The third kappa shape index (κ3) is 4.57. The van der Waals surface area contributed by atoms with E-state index in [-0.39, 0.29) is 5.92 Å². The quantitative estimate of drug-likeness (QED) is 0.243. The second kappa shape index (κ2) is 11.7. The van der Waals surface area contributed by atoms with Crippen LogP contribution >= 0.6 is 0 Å². The van der Waals surface area contributed by atoms with E-state index in [1.54, 1.807) is 7.11 Å². The Balaban J connectivity index is 1.60. The molecule has 204 valence electrons. The van der Waals surface area contributed by atoms with Crippen molar-refractivity contribution in [2.45, 2.75) is 31.0 Å². The van der Waals surface area contributed by atoms with Crippen LogP contribution in [0, 0.1) is 5.92 Å². The second-order valence-corrected chi connectivity index (χ2v) is 21.5. The molecule has 2 saturated heterocycles. The molecule has 0 unspecified atom stereocenters. The van der Waals surface area contributed by atoms with E-state index in [2.05, 4.69) is 132 Å². The summed E-state index contributed by atoms with van der Waals surface area (Å²) in [6.07, 6.45) is 1.68. The van der Waals surface area contributed by atoms with Crippen molar-refractivity contribution in [1.29, 1.82) is 0 Å². The van der Waals surface area contributed by atoms with E-state index in [0.29, 0.717) is 19.8 Å². The third-order valence-electron chi connectivity index (χ3n) is 9.09. The zero-order valence-corrected chi connectivity index (χ0v) is 26.3. The average Bonchev–Trinajstić information content (AvgIpc) is 3.34. The van der Waals surface area contributed by atoms with Gasteiger partial charge in [-0.3, -0.25) is 0 Å². The summed E-state index contributed by atoms with van der Waals surface area (Å²) in [7, 11) is 1.76. The predicted octanol–water partition coefficient (Wildman–Crippen LogP) is 5.38. The molecule has 2 fully saturated rings. The molecule has 4 aromatic carbocycles. The topological polar surface area (TPSA) is 27.7 Å². The van der Waals surface area contributed by atoms with Gasteiger partial charge in [0.05, 0.1) is 0 Å². The van der Waals surface area contributed by atoms with Crippen molar-refractivity contribution in [2.75, 3.05) is 26.9 Å². The molecular weight excluding hydrogens is 599 g/mol. The summed E-state index contributed by atoms with van der Waals surface area (Å²) >= 11 is -3.65. The van der Waals surface area contributed by atoms with Crippen LogP contribution in [-0.2, 0) is 19.8 Å². The first-order chi connectivity index (χ1) is 19.6. The first kappa shape index (κ1) is 27.5. The van der Waals surface area contributed by atoms with Gasteiger partial charge >= 0.3 is 244 Å². The molecule has 0 saturated carbocycles. The van der Waals surface area contributed by atoms with Crippen molar-refractivity contribution in [3.63, 3.8) is 0 Å². The third-order valence-corrected chi connectivity index (χ3v) is 22.0. The fourth-order valence-corrected chi connectivity index (χ4v) is 20.1. The van der Waals surface area contributed by atoms with Gasteiger partial charge in [0.25, 0.3) is 0 Å². The van der Waals surface area contributed by atoms with E-state index in [9.17, 15) is 0 Å². The Hall–Kier alpha value is -2.70. The van der Waals surface area contributed by atoms with Crippen LogP contribution in [-0.4, -0.2) is 50.9 Å². The second-order valence-electron chi connectivity index (χ2n) is 11.2. The molecule has 2 aliphatic rings. The average molecular weight is 637 g/mol. The molecule has 4 aromatic rings. The van der Waals surface area contributed by atoms with Crippen LogP contribution in [0.3, 0.4) is 0 Å². The van der Waals surface area contributed by atoms with Crippen LogP contribution in [0.4, 0.5) is 0 Å². The van der Waals surface area contributed by atoms with Crippen molar-refractivity contribution in [3.8, 4) is 0 Å². The molecule has 3 nitrogen and oxygen atoms in total. The van der Waals surface area contributed by atoms with Crippen LogP contribution < -0.4 is 10.7 Å². The van der Waals surface area contributed by atoms with E-state index in [1.165, 1.54) is 21.9 Å². The van der Waals surface area contributed by atoms with Gasteiger partial charge in [-0.15, -0.1) is 0 Å². The molecule has 6 rings (SSSR count). The molecular formula is C36H38O3Sn. The first-order valence-corrected chi connectivity index (χ1v) is 20.3. The summed E-state index contributed by atoms with van der Waals surface area (Å²) in [6.45, 7) is 4.16. The van der Waals surface area contributed by atoms with E-state index < -0.39 is 29.6 Å². The van der Waals surface area contributed by atoms with Gasteiger partial charge in [0.15, 0.2) is 0 Å². The maximum absolute atomic E-state index is 6.95. The summed E-state index contributed by atoms with van der Waals surface area (Å²) in [5.74, 6) is 0.123. The zero-order chi connectivity index (χ0) is 27.5. The SMILES string of the molecule is COCC[C@@]1(C)OC[C@@H]2/C(=[CH]/[Sn]([c]3ccccc3)([c]3ccccc3)[c]3ccccc3)CCO[C@@]21c1ccccc1. The van der Waals surface area contributed by atoms with Crippen molar-refractivity contribution >= 4 is 29.1 Å². The van der Waals surface area contributed by atoms with Crippen LogP contribution in [0.2, 0.25) is 0 Å². The molecule has 0 bridgehead atoms. The minimum absolute atomic E-state index is 0.123. The van der Waals surface area contributed by atoms with Gasteiger partial charge in [-0.1, -0.05) is 0 Å². The Morgan fingerprint density at radius 3 is 1.75 bits per heavy atom. The molecule has 2 aliphatic heterocycles. The molecule has 40 heavy (non-hydrogen) atoms.